The van der Waals surface area contributed by atoms with E-state index in [0.717, 1.165) is 18.1 Å². The molecule has 92 valence electrons. The molecular weight excluding hydrogens is 210 g/mol. The zero-order valence-electron chi connectivity index (χ0n) is 10.3. The first-order chi connectivity index (χ1) is 8.31. The van der Waals surface area contributed by atoms with E-state index in [1.165, 1.54) is 37.7 Å². The molecule has 0 aliphatic heterocycles. The maximum Gasteiger partial charge on any atom is 0.119 e. The van der Waals surface area contributed by atoms with E-state index >= 15 is 0 Å². The lowest BCUT2D eigenvalue weighted by atomic mass is 9.80. The Labute approximate surface area is 103 Å². The standard InChI is InChI=1S/C15H21NO/c16-15(10-11-2-1-3-11)12-4-6-13(7-5-12)17-14-8-9-14/h4-7,11,14-15H,1-3,8-10,16H2. The molecule has 0 bridgehead atoms. The van der Waals surface area contributed by atoms with Crippen LogP contribution in [0.2, 0.25) is 0 Å². The number of hydrogen-bond acceptors (Lipinski definition) is 2. The third-order valence-corrected chi connectivity index (χ3v) is 3.95. The van der Waals surface area contributed by atoms with Crippen molar-refractivity contribution in [2.45, 2.75) is 50.7 Å². The normalized spacial score (nSPS) is 21.9. The average molecular weight is 231 g/mol. The van der Waals surface area contributed by atoms with Gasteiger partial charge in [0, 0.05) is 6.04 Å². The lowest BCUT2D eigenvalue weighted by Gasteiger charge is -2.28. The average Bonchev–Trinajstić information content (AvgIpc) is 3.08. The van der Waals surface area contributed by atoms with Gasteiger partial charge < -0.3 is 10.5 Å². The van der Waals surface area contributed by atoms with Gasteiger partial charge in [-0.15, -0.1) is 0 Å². The molecule has 1 aromatic carbocycles. The quantitative estimate of drug-likeness (QED) is 0.842. The number of benzene rings is 1. The van der Waals surface area contributed by atoms with E-state index in [2.05, 4.69) is 24.3 Å². The van der Waals surface area contributed by atoms with Crippen molar-refractivity contribution in [3.63, 3.8) is 0 Å². The zero-order chi connectivity index (χ0) is 11.7. The minimum Gasteiger partial charge on any atom is -0.490 e. The molecule has 2 heteroatoms. The minimum absolute atomic E-state index is 0.204. The number of nitrogens with two attached hydrogens (primary N) is 1. The van der Waals surface area contributed by atoms with Crippen LogP contribution in [0.1, 0.15) is 50.1 Å². The molecule has 2 saturated carbocycles. The van der Waals surface area contributed by atoms with Crippen LogP contribution in [0.4, 0.5) is 0 Å². The van der Waals surface area contributed by atoms with Crippen LogP contribution < -0.4 is 10.5 Å². The van der Waals surface area contributed by atoms with Crippen molar-refractivity contribution in [3.8, 4) is 5.75 Å². The molecule has 0 saturated heterocycles. The molecule has 0 aromatic heterocycles. The van der Waals surface area contributed by atoms with E-state index in [1.807, 2.05) is 0 Å². The number of ether oxygens (including phenoxy) is 1. The highest BCUT2D eigenvalue weighted by atomic mass is 16.5. The van der Waals surface area contributed by atoms with Crippen LogP contribution in [0.3, 0.4) is 0 Å². The fourth-order valence-corrected chi connectivity index (χ4v) is 2.40. The van der Waals surface area contributed by atoms with Gasteiger partial charge in [0.1, 0.15) is 5.75 Å². The summed E-state index contributed by atoms with van der Waals surface area (Å²) in [5, 5.41) is 0. The van der Waals surface area contributed by atoms with Gasteiger partial charge in [-0.25, -0.2) is 0 Å². The highest BCUT2D eigenvalue weighted by Crippen LogP contribution is 2.34. The van der Waals surface area contributed by atoms with Gasteiger partial charge in [-0.2, -0.15) is 0 Å². The molecular formula is C15H21NO. The second-order valence-corrected chi connectivity index (χ2v) is 5.53. The predicted octanol–water partition coefficient (Wildman–Crippen LogP) is 3.42. The van der Waals surface area contributed by atoms with Crippen LogP contribution in [0.15, 0.2) is 24.3 Å². The van der Waals surface area contributed by atoms with Crippen LogP contribution in [0.25, 0.3) is 0 Å². The van der Waals surface area contributed by atoms with Crippen molar-refractivity contribution in [2.75, 3.05) is 0 Å². The molecule has 1 unspecified atom stereocenters. The second kappa shape index (κ2) is 4.69. The molecule has 1 atom stereocenters. The second-order valence-electron chi connectivity index (χ2n) is 5.53. The minimum atomic E-state index is 0.204. The van der Waals surface area contributed by atoms with Gasteiger partial charge in [0.2, 0.25) is 0 Å². The molecule has 2 nitrogen and oxygen atoms in total. The van der Waals surface area contributed by atoms with Crippen LogP contribution in [0, 0.1) is 5.92 Å². The fraction of sp³-hybridized carbons (Fsp3) is 0.600. The predicted molar refractivity (Wildman–Crippen MR) is 69.0 cm³/mol. The first-order valence-corrected chi connectivity index (χ1v) is 6.83. The first kappa shape index (κ1) is 11.1. The fourth-order valence-electron chi connectivity index (χ4n) is 2.40. The summed E-state index contributed by atoms with van der Waals surface area (Å²) in [5.74, 6) is 1.86. The largest absolute Gasteiger partial charge is 0.490 e. The van der Waals surface area contributed by atoms with Gasteiger partial charge in [0.15, 0.2) is 0 Å². The maximum atomic E-state index is 6.23. The molecule has 0 spiro atoms. The van der Waals surface area contributed by atoms with Crippen molar-refractivity contribution in [2.24, 2.45) is 11.7 Å². The van der Waals surface area contributed by atoms with Gasteiger partial charge in [0.25, 0.3) is 0 Å². The summed E-state index contributed by atoms with van der Waals surface area (Å²) in [6.07, 6.45) is 8.18. The van der Waals surface area contributed by atoms with E-state index in [-0.39, 0.29) is 6.04 Å². The highest BCUT2D eigenvalue weighted by Gasteiger charge is 2.24. The Morgan fingerprint density at radius 1 is 1.12 bits per heavy atom. The van der Waals surface area contributed by atoms with Crippen LogP contribution in [-0.2, 0) is 0 Å². The molecule has 0 heterocycles. The van der Waals surface area contributed by atoms with E-state index < -0.39 is 0 Å². The summed E-state index contributed by atoms with van der Waals surface area (Å²) in [4.78, 5) is 0. The molecule has 17 heavy (non-hydrogen) atoms. The lowest BCUT2D eigenvalue weighted by molar-refractivity contribution is 0.277. The van der Waals surface area contributed by atoms with E-state index in [9.17, 15) is 0 Å². The topological polar surface area (TPSA) is 35.2 Å². The SMILES string of the molecule is NC(CC1CCC1)c1ccc(OC2CC2)cc1. The third-order valence-electron chi connectivity index (χ3n) is 3.95. The molecule has 2 aliphatic carbocycles. The van der Waals surface area contributed by atoms with Crippen LogP contribution in [0.5, 0.6) is 5.75 Å². The van der Waals surface area contributed by atoms with Crippen LogP contribution >= 0.6 is 0 Å². The van der Waals surface area contributed by atoms with Crippen LogP contribution in [-0.4, -0.2) is 6.10 Å². The van der Waals surface area contributed by atoms with Gasteiger partial charge in [-0.05, 0) is 42.9 Å². The van der Waals surface area contributed by atoms with Crippen molar-refractivity contribution < 1.29 is 4.74 Å². The Morgan fingerprint density at radius 2 is 1.82 bits per heavy atom. The molecule has 2 aliphatic rings. The Morgan fingerprint density at radius 3 is 2.35 bits per heavy atom. The third kappa shape index (κ3) is 2.81. The Bertz CT molecular complexity index is 365. The molecule has 0 amide bonds. The molecule has 2 N–H and O–H groups in total. The first-order valence-electron chi connectivity index (χ1n) is 6.83. The van der Waals surface area contributed by atoms with Crippen molar-refractivity contribution >= 4 is 0 Å². The van der Waals surface area contributed by atoms with Gasteiger partial charge in [0.05, 0.1) is 6.10 Å². The monoisotopic (exact) mass is 231 g/mol. The highest BCUT2D eigenvalue weighted by molar-refractivity contribution is 5.29. The van der Waals surface area contributed by atoms with E-state index in [0.29, 0.717) is 6.10 Å². The van der Waals surface area contributed by atoms with E-state index in [4.69, 9.17) is 10.5 Å². The zero-order valence-corrected chi connectivity index (χ0v) is 10.3. The summed E-state index contributed by atoms with van der Waals surface area (Å²) in [6.45, 7) is 0. The van der Waals surface area contributed by atoms with Gasteiger partial charge in [-0.1, -0.05) is 31.4 Å². The van der Waals surface area contributed by atoms with Crippen molar-refractivity contribution in [1.29, 1.82) is 0 Å². The summed E-state index contributed by atoms with van der Waals surface area (Å²) in [5.41, 5.74) is 7.48. The summed E-state index contributed by atoms with van der Waals surface area (Å²) >= 11 is 0. The van der Waals surface area contributed by atoms with Crippen molar-refractivity contribution in [3.05, 3.63) is 29.8 Å². The van der Waals surface area contributed by atoms with Gasteiger partial charge in [-0.3, -0.25) is 0 Å². The Balaban J connectivity index is 1.57. The number of hydrogen-bond donors (Lipinski definition) is 1. The summed E-state index contributed by atoms with van der Waals surface area (Å²) < 4.78 is 5.73. The number of rotatable bonds is 5. The smallest absolute Gasteiger partial charge is 0.119 e. The molecule has 3 rings (SSSR count). The molecule has 0 radical (unpaired) electrons. The Hall–Kier alpha value is -1.02. The molecule has 2 fully saturated rings. The molecule has 1 aromatic rings. The lowest BCUT2D eigenvalue weighted by Crippen LogP contribution is -2.20. The Kier molecular flexibility index (Phi) is 3.06. The summed E-state index contributed by atoms with van der Waals surface area (Å²) in [7, 11) is 0. The van der Waals surface area contributed by atoms with Crippen molar-refractivity contribution in [1.82, 2.24) is 0 Å². The van der Waals surface area contributed by atoms with E-state index in [1.54, 1.807) is 0 Å². The summed E-state index contributed by atoms with van der Waals surface area (Å²) in [6, 6.07) is 8.58. The van der Waals surface area contributed by atoms with Gasteiger partial charge >= 0.3 is 0 Å². The maximum absolute atomic E-state index is 6.23.